The maximum Gasteiger partial charge on any atom is 0.303 e. The van der Waals surface area contributed by atoms with Crippen molar-refractivity contribution in [3.05, 3.63) is 24.2 Å². The zero-order valence-electron chi connectivity index (χ0n) is 26.1. The molecule has 4 saturated carbocycles. The van der Waals surface area contributed by atoms with Crippen LogP contribution in [0.15, 0.2) is 23.0 Å². The molecule has 3 N–H and O–H groups in total. The van der Waals surface area contributed by atoms with Crippen LogP contribution in [0.1, 0.15) is 65.9 Å². The predicted octanol–water partition coefficient (Wildman–Crippen LogP) is 1.01. The summed E-state index contributed by atoms with van der Waals surface area (Å²) in [6.45, 7) is 8.37. The molecule has 0 radical (unpaired) electrons. The number of aliphatic hydroxyl groups excluding tert-OH is 3. The predicted molar refractivity (Wildman–Crippen MR) is 148 cm³/mol. The Morgan fingerprint density at radius 2 is 1.60 bits per heavy atom. The Kier molecular flexibility index (Phi) is 6.41. The van der Waals surface area contributed by atoms with E-state index in [1.165, 1.54) is 13.2 Å². The summed E-state index contributed by atoms with van der Waals surface area (Å²) in [5, 5.41) is 36.1. The number of rotatable bonds is 4. The average molecular weight is 633 g/mol. The average Bonchev–Trinajstić information content (AvgIpc) is 3.32. The maximum atomic E-state index is 15.2. The van der Waals surface area contributed by atoms with Gasteiger partial charge in [-0.15, -0.1) is 0 Å². The minimum atomic E-state index is -1.65. The standard InChI is InChI=1S/C32H40O13/c1-13(33)42-22-24(38)31-12-41-27(39)28(4,26(22)44-15(3)35)18(31)10-19(36)30(6)23(31)21(37)25(43-14(2)34)29(5)17(16-7-8-40-11-16)9-20-32(29,30)45-20/h7-8,11,17-20,22-27,36,38-39H,9-10,12H2,1-6H3. The molecule has 6 fully saturated rings. The van der Waals surface area contributed by atoms with Gasteiger partial charge in [0, 0.05) is 43.4 Å². The number of Topliss-reactive ketones (excluding diaryl/α,β-unsaturated/α-hetero) is 1. The zero-order valence-corrected chi connectivity index (χ0v) is 26.1. The van der Waals surface area contributed by atoms with Gasteiger partial charge < -0.3 is 43.4 Å². The van der Waals surface area contributed by atoms with Gasteiger partial charge in [0.2, 0.25) is 0 Å². The van der Waals surface area contributed by atoms with Crippen LogP contribution in [0.4, 0.5) is 0 Å². The number of esters is 3. The van der Waals surface area contributed by atoms with Crippen molar-refractivity contribution in [3.63, 3.8) is 0 Å². The second-order valence-electron chi connectivity index (χ2n) is 14.6. The van der Waals surface area contributed by atoms with E-state index in [9.17, 15) is 29.7 Å². The summed E-state index contributed by atoms with van der Waals surface area (Å²) < 4.78 is 35.2. The molecule has 3 heterocycles. The molecule has 7 rings (SSSR count). The molecule has 1 aromatic rings. The van der Waals surface area contributed by atoms with Gasteiger partial charge in [-0.05, 0) is 30.4 Å². The first-order valence-corrected chi connectivity index (χ1v) is 15.5. The molecule has 2 saturated heterocycles. The lowest BCUT2D eigenvalue weighted by Gasteiger charge is -2.73. The van der Waals surface area contributed by atoms with Crippen molar-refractivity contribution in [1.82, 2.24) is 0 Å². The Balaban J connectivity index is 1.47. The van der Waals surface area contributed by atoms with Crippen molar-refractivity contribution in [2.24, 2.45) is 33.5 Å². The summed E-state index contributed by atoms with van der Waals surface area (Å²) in [5.41, 5.74) is -6.02. The first-order valence-electron chi connectivity index (χ1n) is 15.5. The summed E-state index contributed by atoms with van der Waals surface area (Å²) in [5.74, 6) is -5.22. The lowest BCUT2D eigenvalue weighted by Crippen LogP contribution is -2.84. The molecular formula is C32H40O13. The molecule has 15 unspecified atom stereocenters. The highest BCUT2D eigenvalue weighted by Gasteiger charge is 2.93. The number of hydrogen-bond donors (Lipinski definition) is 3. The van der Waals surface area contributed by atoms with Gasteiger partial charge in [-0.3, -0.25) is 19.2 Å². The van der Waals surface area contributed by atoms with Crippen LogP contribution in [0, 0.1) is 33.5 Å². The van der Waals surface area contributed by atoms with Gasteiger partial charge >= 0.3 is 17.9 Å². The van der Waals surface area contributed by atoms with Crippen LogP contribution in [0.5, 0.6) is 0 Å². The van der Waals surface area contributed by atoms with Crippen molar-refractivity contribution in [2.45, 2.75) is 109 Å². The summed E-state index contributed by atoms with van der Waals surface area (Å²) in [6, 6.07) is 1.80. The molecule has 246 valence electrons. The molecular weight excluding hydrogens is 592 g/mol. The molecule has 13 heteroatoms. The van der Waals surface area contributed by atoms with E-state index in [0.29, 0.717) is 6.42 Å². The van der Waals surface area contributed by atoms with Crippen molar-refractivity contribution in [3.8, 4) is 0 Å². The summed E-state index contributed by atoms with van der Waals surface area (Å²) >= 11 is 0. The highest BCUT2D eigenvalue weighted by atomic mass is 16.6. The molecule has 4 aliphatic carbocycles. The van der Waals surface area contributed by atoms with Crippen LogP contribution in [0.2, 0.25) is 0 Å². The van der Waals surface area contributed by atoms with Gasteiger partial charge in [-0.2, -0.15) is 0 Å². The summed E-state index contributed by atoms with van der Waals surface area (Å²) in [6.07, 6.45) is -5.53. The fourth-order valence-corrected chi connectivity index (χ4v) is 11.3. The third-order valence-corrected chi connectivity index (χ3v) is 12.9. The number of carbonyl (C=O) groups excluding carboxylic acids is 4. The molecule has 1 spiro atoms. The highest BCUT2D eigenvalue weighted by Crippen LogP contribution is 2.83. The second-order valence-corrected chi connectivity index (χ2v) is 14.6. The first kappa shape index (κ1) is 30.8. The molecule has 0 aromatic carbocycles. The number of aliphatic hydroxyl groups is 3. The van der Waals surface area contributed by atoms with Gasteiger partial charge in [0.1, 0.15) is 11.7 Å². The number of carbonyl (C=O) groups is 4. The lowest BCUT2D eigenvalue weighted by molar-refractivity contribution is -0.390. The minimum absolute atomic E-state index is 0.0265. The van der Waals surface area contributed by atoms with Crippen LogP contribution in [-0.2, 0) is 42.9 Å². The molecule has 15 atom stereocenters. The van der Waals surface area contributed by atoms with E-state index in [1.54, 1.807) is 26.2 Å². The molecule has 2 bridgehead atoms. The molecule has 45 heavy (non-hydrogen) atoms. The van der Waals surface area contributed by atoms with E-state index in [1.807, 2.05) is 6.92 Å². The lowest BCUT2D eigenvalue weighted by atomic mass is 9.33. The Labute approximate surface area is 259 Å². The van der Waals surface area contributed by atoms with Gasteiger partial charge in [-0.25, -0.2) is 0 Å². The Hall–Kier alpha value is -2.84. The normalized spacial score (nSPS) is 52.4. The van der Waals surface area contributed by atoms with Crippen LogP contribution in [-0.4, -0.2) is 94.1 Å². The van der Waals surface area contributed by atoms with Gasteiger partial charge in [-0.1, -0.05) is 20.8 Å². The number of ether oxygens (including phenoxy) is 5. The van der Waals surface area contributed by atoms with E-state index >= 15 is 4.79 Å². The van der Waals surface area contributed by atoms with Crippen LogP contribution in [0.3, 0.4) is 0 Å². The number of epoxide rings is 1. The maximum absolute atomic E-state index is 15.2. The number of fused-ring (bicyclic) bond motifs is 1. The smallest absolute Gasteiger partial charge is 0.303 e. The quantitative estimate of drug-likeness (QED) is 0.242. The monoisotopic (exact) mass is 632 g/mol. The summed E-state index contributed by atoms with van der Waals surface area (Å²) in [4.78, 5) is 52.7. The fraction of sp³-hybridized carbons (Fsp3) is 0.750. The van der Waals surface area contributed by atoms with Gasteiger partial charge in [0.25, 0.3) is 0 Å². The van der Waals surface area contributed by atoms with E-state index in [2.05, 4.69) is 0 Å². The number of ketones is 1. The molecule has 0 amide bonds. The van der Waals surface area contributed by atoms with E-state index < -0.39 is 106 Å². The third kappa shape index (κ3) is 3.36. The van der Waals surface area contributed by atoms with Crippen molar-refractivity contribution in [1.29, 1.82) is 0 Å². The third-order valence-electron chi connectivity index (χ3n) is 12.9. The van der Waals surface area contributed by atoms with Crippen LogP contribution < -0.4 is 0 Å². The van der Waals surface area contributed by atoms with Crippen molar-refractivity contribution >= 4 is 23.7 Å². The van der Waals surface area contributed by atoms with Crippen LogP contribution in [0.25, 0.3) is 0 Å². The van der Waals surface area contributed by atoms with E-state index in [4.69, 9.17) is 28.1 Å². The topological polar surface area (TPSA) is 192 Å². The summed E-state index contributed by atoms with van der Waals surface area (Å²) in [7, 11) is 0. The van der Waals surface area contributed by atoms with E-state index in [0.717, 1.165) is 19.4 Å². The molecule has 2 aliphatic heterocycles. The van der Waals surface area contributed by atoms with Gasteiger partial charge in [0.15, 0.2) is 30.4 Å². The Morgan fingerprint density at radius 1 is 0.933 bits per heavy atom. The fourth-order valence-electron chi connectivity index (χ4n) is 11.3. The SMILES string of the molecule is CC(=O)OC1C(OC(C)=O)C2(C)C(O)OCC3(C1O)C2CC(O)C1(C)C3C(=O)C(OC(C)=O)C2(C)C(c3ccoc3)CC3OC321. The van der Waals surface area contributed by atoms with Gasteiger partial charge in [0.05, 0.1) is 42.2 Å². The second kappa shape index (κ2) is 9.37. The Morgan fingerprint density at radius 3 is 2.20 bits per heavy atom. The van der Waals surface area contributed by atoms with E-state index in [-0.39, 0.29) is 18.9 Å². The van der Waals surface area contributed by atoms with Crippen LogP contribution >= 0.6 is 0 Å². The molecule has 13 nitrogen and oxygen atoms in total. The molecule has 6 aliphatic rings. The first-order chi connectivity index (χ1) is 21.0. The highest BCUT2D eigenvalue weighted by molar-refractivity contribution is 5.93. The number of furan rings is 1. The van der Waals surface area contributed by atoms with Crippen molar-refractivity contribution in [2.75, 3.05) is 6.61 Å². The number of hydrogen-bond acceptors (Lipinski definition) is 13. The zero-order chi connectivity index (χ0) is 32.6. The Bertz CT molecular complexity index is 1460. The largest absolute Gasteiger partial charge is 0.472 e. The molecule has 1 aromatic heterocycles. The van der Waals surface area contributed by atoms with Crippen molar-refractivity contribution < 1.29 is 62.6 Å². The minimum Gasteiger partial charge on any atom is -0.472 e.